The number of hydrogen-bond donors (Lipinski definition) is 2. The summed E-state index contributed by atoms with van der Waals surface area (Å²) in [6, 6.07) is 3.28. The number of hydrogen-bond acceptors (Lipinski definition) is 3. The number of aromatic hydroxyl groups is 1. The van der Waals surface area contributed by atoms with E-state index in [0.717, 1.165) is 18.5 Å². The van der Waals surface area contributed by atoms with E-state index < -0.39 is 0 Å². The lowest BCUT2D eigenvalue weighted by molar-refractivity contribution is 0.135. The zero-order chi connectivity index (χ0) is 12.3. The SMILES string of the molecule is Oc1c(Cl)cc(NCC2CCC=CO2)cc1Cl. The molecule has 1 unspecified atom stereocenters. The van der Waals surface area contributed by atoms with Crippen LogP contribution >= 0.6 is 23.2 Å². The molecule has 17 heavy (non-hydrogen) atoms. The summed E-state index contributed by atoms with van der Waals surface area (Å²) in [5.74, 6) is -0.0873. The molecule has 0 aromatic heterocycles. The van der Waals surface area contributed by atoms with E-state index in [4.69, 9.17) is 27.9 Å². The molecule has 92 valence electrons. The Kier molecular flexibility index (Phi) is 4.02. The lowest BCUT2D eigenvalue weighted by Crippen LogP contribution is -2.22. The van der Waals surface area contributed by atoms with Gasteiger partial charge in [-0.05, 0) is 31.1 Å². The second kappa shape index (κ2) is 5.52. The van der Waals surface area contributed by atoms with Gasteiger partial charge in [0.15, 0.2) is 5.75 Å². The summed E-state index contributed by atoms with van der Waals surface area (Å²) in [4.78, 5) is 0. The molecule has 0 saturated carbocycles. The molecular formula is C12H13Cl2NO2. The minimum absolute atomic E-state index is 0.0873. The van der Waals surface area contributed by atoms with Gasteiger partial charge in [-0.15, -0.1) is 0 Å². The molecule has 1 heterocycles. The number of ether oxygens (including phenoxy) is 1. The molecule has 2 rings (SSSR count). The number of benzene rings is 1. The second-order valence-corrected chi connectivity index (χ2v) is 4.69. The quantitative estimate of drug-likeness (QED) is 0.824. The highest BCUT2D eigenvalue weighted by molar-refractivity contribution is 6.37. The van der Waals surface area contributed by atoms with Crippen LogP contribution in [0.4, 0.5) is 5.69 Å². The van der Waals surface area contributed by atoms with E-state index in [0.29, 0.717) is 6.54 Å². The van der Waals surface area contributed by atoms with Gasteiger partial charge in [-0.2, -0.15) is 0 Å². The monoisotopic (exact) mass is 273 g/mol. The van der Waals surface area contributed by atoms with Crippen LogP contribution in [0.5, 0.6) is 5.75 Å². The normalized spacial score (nSPS) is 18.8. The van der Waals surface area contributed by atoms with Gasteiger partial charge in [0, 0.05) is 5.69 Å². The predicted octanol–water partition coefficient (Wildman–Crippen LogP) is 3.80. The van der Waals surface area contributed by atoms with Crippen molar-refractivity contribution in [2.24, 2.45) is 0 Å². The summed E-state index contributed by atoms with van der Waals surface area (Å²) >= 11 is 11.6. The number of phenolic OH excluding ortho intramolecular Hbond substituents is 1. The first-order valence-corrected chi connectivity index (χ1v) is 6.15. The van der Waals surface area contributed by atoms with Crippen molar-refractivity contribution in [3.05, 3.63) is 34.5 Å². The maximum atomic E-state index is 9.42. The van der Waals surface area contributed by atoms with Crippen molar-refractivity contribution in [1.82, 2.24) is 0 Å². The third kappa shape index (κ3) is 3.20. The van der Waals surface area contributed by atoms with Crippen molar-refractivity contribution in [3.63, 3.8) is 0 Å². The average Bonchev–Trinajstić information content (AvgIpc) is 2.34. The van der Waals surface area contributed by atoms with Crippen molar-refractivity contribution >= 4 is 28.9 Å². The van der Waals surface area contributed by atoms with Crippen LogP contribution < -0.4 is 5.32 Å². The Morgan fingerprint density at radius 3 is 2.65 bits per heavy atom. The number of nitrogens with one attached hydrogen (secondary N) is 1. The van der Waals surface area contributed by atoms with Gasteiger partial charge in [0.1, 0.15) is 6.10 Å². The van der Waals surface area contributed by atoms with Crippen LogP contribution in [-0.2, 0) is 4.74 Å². The van der Waals surface area contributed by atoms with Crippen LogP contribution in [-0.4, -0.2) is 17.8 Å². The second-order valence-electron chi connectivity index (χ2n) is 3.88. The third-order valence-electron chi connectivity index (χ3n) is 2.57. The van der Waals surface area contributed by atoms with Gasteiger partial charge in [-0.1, -0.05) is 23.2 Å². The molecule has 0 saturated heterocycles. The van der Waals surface area contributed by atoms with Gasteiger partial charge in [0.05, 0.1) is 22.9 Å². The summed E-state index contributed by atoms with van der Waals surface area (Å²) in [6.07, 6.45) is 5.91. The molecule has 1 atom stereocenters. The summed E-state index contributed by atoms with van der Waals surface area (Å²) in [5, 5.41) is 13.1. The molecule has 0 amide bonds. The highest BCUT2D eigenvalue weighted by Gasteiger charge is 2.11. The maximum Gasteiger partial charge on any atom is 0.152 e. The number of halogens is 2. The highest BCUT2D eigenvalue weighted by atomic mass is 35.5. The van der Waals surface area contributed by atoms with E-state index in [9.17, 15) is 5.11 Å². The standard InChI is InChI=1S/C12H13Cl2NO2/c13-10-5-8(6-11(14)12(10)16)15-7-9-3-1-2-4-17-9/h2,4-6,9,15-16H,1,3,7H2. The van der Waals surface area contributed by atoms with Crippen LogP contribution in [0.3, 0.4) is 0 Å². The summed E-state index contributed by atoms with van der Waals surface area (Å²) in [5.41, 5.74) is 0.774. The van der Waals surface area contributed by atoms with Crippen LogP contribution in [0.25, 0.3) is 0 Å². The summed E-state index contributed by atoms with van der Waals surface area (Å²) < 4.78 is 5.43. The number of allylic oxidation sites excluding steroid dienone is 1. The van der Waals surface area contributed by atoms with E-state index >= 15 is 0 Å². The molecule has 0 fully saturated rings. The number of anilines is 1. The molecule has 2 N–H and O–H groups in total. The molecule has 0 aliphatic carbocycles. The van der Waals surface area contributed by atoms with E-state index in [1.807, 2.05) is 6.08 Å². The van der Waals surface area contributed by atoms with Crippen molar-refractivity contribution in [2.75, 3.05) is 11.9 Å². The molecule has 1 aliphatic rings. The summed E-state index contributed by atoms with van der Waals surface area (Å²) in [7, 11) is 0. The smallest absolute Gasteiger partial charge is 0.152 e. The topological polar surface area (TPSA) is 41.5 Å². The van der Waals surface area contributed by atoms with Gasteiger partial charge in [-0.3, -0.25) is 0 Å². The Morgan fingerprint density at radius 1 is 1.35 bits per heavy atom. The highest BCUT2D eigenvalue weighted by Crippen LogP contribution is 2.34. The van der Waals surface area contributed by atoms with Gasteiger partial charge in [0.2, 0.25) is 0 Å². The van der Waals surface area contributed by atoms with Gasteiger partial charge in [0.25, 0.3) is 0 Å². The molecule has 0 bridgehead atoms. The van der Waals surface area contributed by atoms with Crippen molar-refractivity contribution in [3.8, 4) is 5.75 Å². The van der Waals surface area contributed by atoms with Crippen LogP contribution in [0.2, 0.25) is 10.0 Å². The van der Waals surface area contributed by atoms with Gasteiger partial charge >= 0.3 is 0 Å². The average molecular weight is 274 g/mol. The molecule has 1 aromatic rings. The summed E-state index contributed by atoms with van der Waals surface area (Å²) in [6.45, 7) is 0.682. The lowest BCUT2D eigenvalue weighted by Gasteiger charge is -2.20. The predicted molar refractivity (Wildman–Crippen MR) is 69.9 cm³/mol. The van der Waals surface area contributed by atoms with E-state index in [-0.39, 0.29) is 21.9 Å². The molecular weight excluding hydrogens is 261 g/mol. The van der Waals surface area contributed by atoms with E-state index in [1.54, 1.807) is 18.4 Å². The van der Waals surface area contributed by atoms with Gasteiger partial charge in [-0.25, -0.2) is 0 Å². The largest absolute Gasteiger partial charge is 0.505 e. The number of rotatable bonds is 3. The third-order valence-corrected chi connectivity index (χ3v) is 3.15. The maximum absolute atomic E-state index is 9.42. The zero-order valence-electron chi connectivity index (χ0n) is 9.12. The van der Waals surface area contributed by atoms with Gasteiger partial charge < -0.3 is 15.2 Å². The molecule has 3 nitrogen and oxygen atoms in total. The first-order valence-electron chi connectivity index (χ1n) is 5.39. The molecule has 0 radical (unpaired) electrons. The zero-order valence-corrected chi connectivity index (χ0v) is 10.6. The molecule has 0 spiro atoms. The fraction of sp³-hybridized carbons (Fsp3) is 0.333. The Balaban J connectivity index is 1.97. The van der Waals surface area contributed by atoms with Crippen LogP contribution in [0.15, 0.2) is 24.5 Å². The first kappa shape index (κ1) is 12.4. The Bertz CT molecular complexity index is 412. The van der Waals surface area contributed by atoms with Crippen LogP contribution in [0, 0.1) is 0 Å². The molecule has 1 aliphatic heterocycles. The Hall–Kier alpha value is -1.06. The fourth-order valence-corrected chi connectivity index (χ4v) is 2.12. The fourth-order valence-electron chi connectivity index (χ4n) is 1.63. The van der Waals surface area contributed by atoms with Crippen LogP contribution in [0.1, 0.15) is 12.8 Å². The minimum atomic E-state index is -0.0873. The minimum Gasteiger partial charge on any atom is -0.505 e. The Morgan fingerprint density at radius 2 is 2.06 bits per heavy atom. The lowest BCUT2D eigenvalue weighted by atomic mass is 10.1. The van der Waals surface area contributed by atoms with Crippen molar-refractivity contribution in [1.29, 1.82) is 0 Å². The van der Waals surface area contributed by atoms with E-state index in [1.165, 1.54) is 0 Å². The molecule has 5 heteroatoms. The molecule has 1 aromatic carbocycles. The number of phenols is 1. The van der Waals surface area contributed by atoms with Crippen molar-refractivity contribution < 1.29 is 9.84 Å². The Labute approximate surface area is 110 Å². The van der Waals surface area contributed by atoms with E-state index in [2.05, 4.69) is 5.32 Å². The van der Waals surface area contributed by atoms with Crippen molar-refractivity contribution in [2.45, 2.75) is 18.9 Å². The first-order chi connectivity index (χ1) is 8.16.